The van der Waals surface area contributed by atoms with E-state index in [0.717, 1.165) is 0 Å². The van der Waals surface area contributed by atoms with Crippen molar-refractivity contribution in [3.63, 3.8) is 0 Å². The van der Waals surface area contributed by atoms with E-state index in [2.05, 4.69) is 15.6 Å². The standard InChI is InChI=1S/C41H33N3O7/c45-37(30-20-10-3-11-21-30)43-35(28-16-6-1-7-17-28)40(47)49-26-33-34(51-39(42-33)32-24-14-5-15-25-32)27-50-41(48)36(29-18-8-2-9-19-29)44-38(46)31-22-12-4-13-23-31/h1-25,35-36H,26-27H2,(H,43,45)(H,44,46)/t35-,36-/m0/s1. The SMILES string of the molecule is O=C(N[C@H](C(=O)OCc1nc(-c2ccccc2)oc1COC(=O)[C@@H](NC(=O)c1ccccc1)c1ccccc1)c1ccccc1)c1ccccc1. The van der Waals surface area contributed by atoms with Crippen LogP contribution in [0, 0.1) is 0 Å². The summed E-state index contributed by atoms with van der Waals surface area (Å²) in [5, 5.41) is 5.53. The van der Waals surface area contributed by atoms with Gasteiger partial charge in [0.25, 0.3) is 11.8 Å². The van der Waals surface area contributed by atoms with Gasteiger partial charge in [-0.25, -0.2) is 14.6 Å². The fourth-order valence-corrected chi connectivity index (χ4v) is 5.21. The van der Waals surface area contributed by atoms with Gasteiger partial charge in [-0.2, -0.15) is 0 Å². The molecule has 0 aliphatic rings. The number of rotatable bonds is 13. The van der Waals surface area contributed by atoms with Gasteiger partial charge in [0, 0.05) is 16.7 Å². The van der Waals surface area contributed by atoms with Gasteiger partial charge in [-0.15, -0.1) is 0 Å². The van der Waals surface area contributed by atoms with E-state index < -0.39 is 35.8 Å². The van der Waals surface area contributed by atoms with E-state index in [9.17, 15) is 19.2 Å². The van der Waals surface area contributed by atoms with Crippen LogP contribution in [0.25, 0.3) is 11.5 Å². The Morgan fingerprint density at radius 2 is 0.922 bits per heavy atom. The van der Waals surface area contributed by atoms with E-state index in [4.69, 9.17) is 13.9 Å². The van der Waals surface area contributed by atoms with Gasteiger partial charge in [-0.1, -0.05) is 115 Å². The topological polar surface area (TPSA) is 137 Å². The Bertz CT molecular complexity index is 1940. The Balaban J connectivity index is 1.21. The molecule has 0 spiro atoms. The average Bonchev–Trinajstić information content (AvgIpc) is 3.61. The molecule has 2 atom stereocenters. The van der Waals surface area contributed by atoms with Crippen LogP contribution in [0.15, 0.2) is 156 Å². The molecule has 51 heavy (non-hydrogen) atoms. The molecular weight excluding hydrogens is 646 g/mol. The van der Waals surface area contributed by atoms with Crippen molar-refractivity contribution in [3.8, 4) is 11.5 Å². The summed E-state index contributed by atoms with van der Waals surface area (Å²) in [4.78, 5) is 57.8. The molecule has 0 fully saturated rings. The maximum Gasteiger partial charge on any atom is 0.333 e. The highest BCUT2D eigenvalue weighted by atomic mass is 16.5. The minimum absolute atomic E-state index is 0.140. The van der Waals surface area contributed by atoms with Crippen molar-refractivity contribution in [2.45, 2.75) is 25.3 Å². The van der Waals surface area contributed by atoms with Crippen molar-refractivity contribution >= 4 is 23.8 Å². The number of benzene rings is 5. The van der Waals surface area contributed by atoms with Crippen LogP contribution in [-0.4, -0.2) is 28.7 Å². The lowest BCUT2D eigenvalue weighted by atomic mass is 10.1. The largest absolute Gasteiger partial charge is 0.457 e. The Labute approximate surface area is 294 Å². The highest BCUT2D eigenvalue weighted by Gasteiger charge is 2.28. The van der Waals surface area contributed by atoms with Crippen molar-refractivity contribution in [1.29, 1.82) is 0 Å². The van der Waals surface area contributed by atoms with Crippen LogP contribution in [0.5, 0.6) is 0 Å². The van der Waals surface area contributed by atoms with Gasteiger partial charge in [-0.05, 0) is 47.5 Å². The first kappa shape index (κ1) is 34.1. The summed E-state index contributed by atoms with van der Waals surface area (Å²) in [7, 11) is 0. The van der Waals surface area contributed by atoms with Crippen LogP contribution in [0.2, 0.25) is 0 Å². The zero-order chi connectivity index (χ0) is 35.4. The van der Waals surface area contributed by atoms with E-state index in [-0.39, 0.29) is 30.6 Å². The van der Waals surface area contributed by atoms with Crippen LogP contribution in [0.4, 0.5) is 0 Å². The van der Waals surface area contributed by atoms with Crippen molar-refractivity contribution in [1.82, 2.24) is 15.6 Å². The molecule has 0 unspecified atom stereocenters. The lowest BCUT2D eigenvalue weighted by molar-refractivity contribution is -0.149. The van der Waals surface area contributed by atoms with Gasteiger partial charge in [-0.3, -0.25) is 9.59 Å². The molecule has 254 valence electrons. The summed E-state index contributed by atoms with van der Waals surface area (Å²) >= 11 is 0. The lowest BCUT2D eigenvalue weighted by Gasteiger charge is -2.19. The quantitative estimate of drug-likeness (QED) is 0.128. The maximum atomic E-state index is 13.6. The monoisotopic (exact) mass is 679 g/mol. The van der Waals surface area contributed by atoms with Gasteiger partial charge in [0.1, 0.15) is 12.3 Å². The Morgan fingerprint density at radius 3 is 1.37 bits per heavy atom. The summed E-state index contributed by atoms with van der Waals surface area (Å²) in [5.41, 5.74) is 2.67. The van der Waals surface area contributed by atoms with Gasteiger partial charge in [0.2, 0.25) is 5.89 Å². The Kier molecular flexibility index (Phi) is 11.0. The van der Waals surface area contributed by atoms with Crippen molar-refractivity contribution in [2.75, 3.05) is 0 Å². The lowest BCUT2D eigenvalue weighted by Crippen LogP contribution is -2.35. The predicted molar refractivity (Wildman–Crippen MR) is 188 cm³/mol. The van der Waals surface area contributed by atoms with Crippen molar-refractivity contribution in [2.24, 2.45) is 0 Å². The Hall–Kier alpha value is -6.81. The number of nitrogens with one attached hydrogen (secondary N) is 2. The first-order valence-electron chi connectivity index (χ1n) is 16.2. The third-order valence-corrected chi connectivity index (χ3v) is 7.86. The fourth-order valence-electron chi connectivity index (χ4n) is 5.21. The summed E-state index contributed by atoms with van der Waals surface area (Å²) in [6.45, 7) is -0.720. The first-order valence-corrected chi connectivity index (χ1v) is 16.2. The summed E-state index contributed by atoms with van der Waals surface area (Å²) < 4.78 is 17.5. The molecule has 2 N–H and O–H groups in total. The van der Waals surface area contributed by atoms with Crippen LogP contribution >= 0.6 is 0 Å². The number of oxazole rings is 1. The third-order valence-electron chi connectivity index (χ3n) is 7.86. The number of hydrogen-bond acceptors (Lipinski definition) is 8. The second-order valence-corrected chi connectivity index (χ2v) is 11.3. The molecule has 0 radical (unpaired) electrons. The molecule has 0 saturated heterocycles. The van der Waals surface area contributed by atoms with Crippen LogP contribution in [0.3, 0.4) is 0 Å². The maximum absolute atomic E-state index is 13.6. The van der Waals surface area contributed by atoms with Gasteiger partial charge < -0.3 is 24.5 Å². The molecule has 6 aromatic rings. The first-order chi connectivity index (χ1) is 25.0. The number of amides is 2. The van der Waals surface area contributed by atoms with Gasteiger partial charge >= 0.3 is 11.9 Å². The minimum Gasteiger partial charge on any atom is -0.457 e. The molecule has 2 amide bonds. The highest BCUT2D eigenvalue weighted by molar-refractivity contribution is 5.97. The normalized spacial score (nSPS) is 11.8. The summed E-state index contributed by atoms with van der Waals surface area (Å²) in [6.07, 6.45) is 0. The van der Waals surface area contributed by atoms with Crippen LogP contribution < -0.4 is 10.6 Å². The second kappa shape index (κ2) is 16.5. The molecule has 10 nitrogen and oxygen atoms in total. The number of ether oxygens (including phenoxy) is 2. The molecule has 0 saturated carbocycles. The summed E-state index contributed by atoms with van der Waals surface area (Å²) in [6, 6.07) is 41.4. The summed E-state index contributed by atoms with van der Waals surface area (Å²) in [5.74, 6) is -2.01. The number of carbonyl (C=O) groups excluding carboxylic acids is 4. The van der Waals surface area contributed by atoms with Crippen molar-refractivity contribution in [3.05, 3.63) is 185 Å². The smallest absolute Gasteiger partial charge is 0.333 e. The fraction of sp³-hybridized carbons (Fsp3) is 0.0976. The van der Waals surface area contributed by atoms with Gasteiger partial charge in [0.15, 0.2) is 24.5 Å². The van der Waals surface area contributed by atoms with E-state index in [1.165, 1.54) is 0 Å². The highest BCUT2D eigenvalue weighted by Crippen LogP contribution is 2.25. The molecule has 1 heterocycles. The molecule has 5 aromatic carbocycles. The predicted octanol–water partition coefficient (Wildman–Crippen LogP) is 6.77. The number of carbonyl (C=O) groups is 4. The number of nitrogens with zero attached hydrogens (tertiary/aromatic N) is 1. The molecule has 6 rings (SSSR count). The number of hydrogen-bond donors (Lipinski definition) is 2. The third kappa shape index (κ3) is 8.81. The molecule has 10 heteroatoms. The molecular formula is C41H33N3O7. The van der Waals surface area contributed by atoms with E-state index in [0.29, 0.717) is 27.8 Å². The zero-order valence-electron chi connectivity index (χ0n) is 27.3. The molecule has 0 bridgehead atoms. The second-order valence-electron chi connectivity index (χ2n) is 11.3. The van der Waals surface area contributed by atoms with E-state index in [1.807, 2.05) is 18.2 Å². The molecule has 0 aliphatic heterocycles. The zero-order valence-corrected chi connectivity index (χ0v) is 27.3. The van der Waals surface area contributed by atoms with Crippen molar-refractivity contribution < 1.29 is 33.1 Å². The van der Waals surface area contributed by atoms with Crippen LogP contribution in [-0.2, 0) is 32.3 Å². The van der Waals surface area contributed by atoms with Crippen LogP contribution in [0.1, 0.15) is 55.4 Å². The minimum atomic E-state index is -1.13. The molecule has 1 aromatic heterocycles. The van der Waals surface area contributed by atoms with Gasteiger partial charge in [0.05, 0.1) is 0 Å². The Morgan fingerprint density at radius 1 is 0.529 bits per heavy atom. The number of esters is 2. The number of aromatic nitrogens is 1. The molecule has 0 aliphatic carbocycles. The van der Waals surface area contributed by atoms with E-state index in [1.54, 1.807) is 133 Å². The van der Waals surface area contributed by atoms with E-state index >= 15 is 0 Å². The average molecular weight is 680 g/mol.